The van der Waals surface area contributed by atoms with E-state index < -0.39 is 0 Å². The molecule has 1 aromatic carbocycles. The number of pyridine rings is 1. The van der Waals surface area contributed by atoms with Crippen molar-refractivity contribution in [1.29, 1.82) is 0 Å². The van der Waals surface area contributed by atoms with Gasteiger partial charge in [-0.15, -0.1) is 0 Å². The molecule has 3 aromatic rings. The molecule has 0 unspecified atom stereocenters. The van der Waals surface area contributed by atoms with E-state index in [1.165, 1.54) is 16.5 Å². The molecule has 1 aliphatic rings. The van der Waals surface area contributed by atoms with Gasteiger partial charge < -0.3 is 14.8 Å². The van der Waals surface area contributed by atoms with Gasteiger partial charge >= 0.3 is 0 Å². The van der Waals surface area contributed by atoms with Crippen molar-refractivity contribution in [2.75, 3.05) is 18.9 Å². The second kappa shape index (κ2) is 7.27. The molecule has 1 amide bonds. The highest BCUT2D eigenvalue weighted by molar-refractivity contribution is 5.91. The number of hydrogen-bond donors (Lipinski definition) is 1. The largest absolute Gasteiger partial charge is 0.370 e. The van der Waals surface area contributed by atoms with Gasteiger partial charge in [0.1, 0.15) is 5.82 Å². The van der Waals surface area contributed by atoms with Crippen LogP contribution in [0.2, 0.25) is 0 Å². The quantitative estimate of drug-likeness (QED) is 0.723. The number of nitrogens with zero attached hydrogens (tertiary/aromatic N) is 3. The van der Waals surface area contributed by atoms with Crippen molar-refractivity contribution in [3.05, 3.63) is 65.5 Å². The fourth-order valence-corrected chi connectivity index (χ4v) is 3.57. The lowest BCUT2D eigenvalue weighted by Crippen LogP contribution is -2.25. The molecule has 0 fully saturated rings. The maximum atomic E-state index is 12.5. The lowest BCUT2D eigenvalue weighted by atomic mass is 10.1. The zero-order valence-corrected chi connectivity index (χ0v) is 15.8. The van der Waals surface area contributed by atoms with Crippen LogP contribution in [0.3, 0.4) is 0 Å². The second-order valence-electron chi connectivity index (χ2n) is 7.09. The number of carbonyl (C=O) groups is 1. The Bertz CT molecular complexity index is 1020. The molecule has 2 aromatic heterocycles. The van der Waals surface area contributed by atoms with Crippen LogP contribution in [0.25, 0.3) is 17.0 Å². The molecule has 0 radical (unpaired) electrons. The molecule has 4 rings (SSSR count). The predicted molar refractivity (Wildman–Crippen MR) is 109 cm³/mol. The summed E-state index contributed by atoms with van der Waals surface area (Å²) in [7, 11) is 3.87. The van der Waals surface area contributed by atoms with E-state index in [4.69, 9.17) is 0 Å². The number of benzene rings is 1. The van der Waals surface area contributed by atoms with E-state index in [9.17, 15) is 4.79 Å². The molecule has 1 N–H and O–H groups in total. The third-order valence-corrected chi connectivity index (χ3v) is 5.15. The van der Waals surface area contributed by atoms with Crippen molar-refractivity contribution in [3.63, 3.8) is 0 Å². The van der Waals surface area contributed by atoms with Crippen LogP contribution in [0.1, 0.15) is 23.2 Å². The summed E-state index contributed by atoms with van der Waals surface area (Å²) >= 11 is 0. The standard InChI is InChI=1S/C22H24N4O/c1-25(15-19-13-17-6-3-4-8-20(17)26(19)2)21(27)10-9-16-12-18-7-5-11-23-22(18)24-14-16/h3-4,6,8-10,12-14H,5,7,11,15H2,1-2H3,(H,23,24). The first-order chi connectivity index (χ1) is 13.1. The Labute approximate surface area is 159 Å². The van der Waals surface area contributed by atoms with Crippen LogP contribution < -0.4 is 5.32 Å². The van der Waals surface area contributed by atoms with Gasteiger partial charge in [-0.05, 0) is 53.6 Å². The molecule has 5 nitrogen and oxygen atoms in total. The average Bonchev–Trinajstić information content (AvgIpc) is 3.01. The molecule has 5 heteroatoms. The number of aryl methyl sites for hydroxylation is 2. The summed E-state index contributed by atoms with van der Waals surface area (Å²) in [4.78, 5) is 18.7. The van der Waals surface area contributed by atoms with Crippen LogP contribution in [0.5, 0.6) is 0 Å². The summed E-state index contributed by atoms with van der Waals surface area (Å²) in [5.74, 6) is 0.953. The molecular formula is C22H24N4O. The van der Waals surface area contributed by atoms with Gasteiger partial charge in [-0.1, -0.05) is 18.2 Å². The summed E-state index contributed by atoms with van der Waals surface area (Å²) in [6.45, 7) is 1.55. The predicted octanol–water partition coefficient (Wildman–Crippen LogP) is 3.60. The van der Waals surface area contributed by atoms with Gasteiger partial charge in [0.25, 0.3) is 0 Å². The van der Waals surface area contributed by atoms with E-state index in [1.807, 2.05) is 38.5 Å². The summed E-state index contributed by atoms with van der Waals surface area (Å²) < 4.78 is 2.14. The normalized spacial score (nSPS) is 13.6. The van der Waals surface area contributed by atoms with Gasteiger partial charge in [0.15, 0.2) is 0 Å². The van der Waals surface area contributed by atoms with Crippen molar-refractivity contribution < 1.29 is 4.79 Å². The number of fused-ring (bicyclic) bond motifs is 2. The van der Waals surface area contributed by atoms with Crippen LogP contribution in [0, 0.1) is 0 Å². The summed E-state index contributed by atoms with van der Waals surface area (Å²) in [5.41, 5.74) is 4.48. The lowest BCUT2D eigenvalue weighted by molar-refractivity contribution is -0.125. The molecule has 0 spiro atoms. The fraction of sp³-hybridized carbons (Fsp3) is 0.273. The van der Waals surface area contributed by atoms with Gasteiger partial charge in [0.05, 0.1) is 6.54 Å². The van der Waals surface area contributed by atoms with Crippen molar-refractivity contribution >= 4 is 28.7 Å². The maximum Gasteiger partial charge on any atom is 0.246 e. The minimum absolute atomic E-state index is 0.0175. The molecule has 1 aliphatic heterocycles. The Hall–Kier alpha value is -3.08. The minimum atomic E-state index is -0.0175. The van der Waals surface area contributed by atoms with Crippen LogP contribution >= 0.6 is 0 Å². The third-order valence-electron chi connectivity index (χ3n) is 5.15. The van der Waals surface area contributed by atoms with Gasteiger partial charge in [-0.3, -0.25) is 4.79 Å². The van der Waals surface area contributed by atoms with Crippen molar-refractivity contribution in [3.8, 4) is 0 Å². The number of aromatic nitrogens is 2. The fourth-order valence-electron chi connectivity index (χ4n) is 3.57. The highest BCUT2D eigenvalue weighted by Gasteiger charge is 2.12. The zero-order chi connectivity index (χ0) is 18.8. The van der Waals surface area contributed by atoms with Gasteiger partial charge in [-0.2, -0.15) is 0 Å². The smallest absolute Gasteiger partial charge is 0.246 e. The Kier molecular flexibility index (Phi) is 4.67. The summed E-state index contributed by atoms with van der Waals surface area (Å²) in [6.07, 6.45) is 7.44. The Morgan fingerprint density at radius 2 is 2.19 bits per heavy atom. The summed E-state index contributed by atoms with van der Waals surface area (Å²) in [6, 6.07) is 12.5. The summed E-state index contributed by atoms with van der Waals surface area (Å²) in [5, 5.41) is 4.50. The van der Waals surface area contributed by atoms with Crippen LogP contribution in [0.15, 0.2) is 48.7 Å². The van der Waals surface area contributed by atoms with Gasteiger partial charge in [-0.25, -0.2) is 4.98 Å². The maximum absolute atomic E-state index is 12.5. The van der Waals surface area contributed by atoms with Crippen LogP contribution in [-0.2, 0) is 24.8 Å². The van der Waals surface area contributed by atoms with Gasteiger partial charge in [0, 0.05) is 44.1 Å². The van der Waals surface area contributed by atoms with Crippen molar-refractivity contribution in [2.45, 2.75) is 19.4 Å². The first kappa shape index (κ1) is 17.3. The number of likely N-dealkylation sites (N-methyl/N-ethyl adjacent to an activating group) is 1. The highest BCUT2D eigenvalue weighted by Crippen LogP contribution is 2.21. The molecule has 0 saturated heterocycles. The van der Waals surface area contributed by atoms with E-state index in [-0.39, 0.29) is 5.91 Å². The molecule has 0 aliphatic carbocycles. The zero-order valence-electron chi connectivity index (χ0n) is 15.8. The molecule has 3 heterocycles. The first-order valence-electron chi connectivity index (χ1n) is 9.31. The Morgan fingerprint density at radius 1 is 1.33 bits per heavy atom. The van der Waals surface area contributed by atoms with E-state index in [0.717, 1.165) is 36.5 Å². The Morgan fingerprint density at radius 3 is 3.04 bits per heavy atom. The molecule has 0 saturated carbocycles. The average molecular weight is 360 g/mol. The molecule has 0 atom stereocenters. The van der Waals surface area contributed by atoms with Crippen molar-refractivity contribution in [1.82, 2.24) is 14.5 Å². The number of amides is 1. The molecule has 0 bridgehead atoms. The number of carbonyl (C=O) groups excluding carboxylic acids is 1. The molecular weight excluding hydrogens is 336 g/mol. The van der Waals surface area contributed by atoms with Crippen molar-refractivity contribution in [2.24, 2.45) is 7.05 Å². The number of para-hydroxylation sites is 1. The van der Waals surface area contributed by atoms with E-state index in [0.29, 0.717) is 6.54 Å². The van der Waals surface area contributed by atoms with Crippen LogP contribution in [0.4, 0.5) is 5.82 Å². The first-order valence-corrected chi connectivity index (χ1v) is 9.31. The Balaban J connectivity index is 1.45. The second-order valence-corrected chi connectivity index (χ2v) is 7.09. The topological polar surface area (TPSA) is 50.2 Å². The van der Waals surface area contributed by atoms with Gasteiger partial charge in [0.2, 0.25) is 5.91 Å². The minimum Gasteiger partial charge on any atom is -0.370 e. The molecule has 138 valence electrons. The number of hydrogen-bond acceptors (Lipinski definition) is 3. The third kappa shape index (κ3) is 3.58. The SMILES string of the molecule is CN(Cc1cc2ccccc2n1C)C(=O)C=Cc1cnc2c(c1)CCCN2. The lowest BCUT2D eigenvalue weighted by Gasteiger charge is -2.17. The molecule has 27 heavy (non-hydrogen) atoms. The highest BCUT2D eigenvalue weighted by atomic mass is 16.2. The number of nitrogens with one attached hydrogen (secondary N) is 1. The van der Waals surface area contributed by atoms with Crippen LogP contribution in [-0.4, -0.2) is 34.0 Å². The number of rotatable bonds is 4. The van der Waals surface area contributed by atoms with E-state index in [1.54, 1.807) is 11.0 Å². The number of anilines is 1. The van der Waals surface area contributed by atoms with E-state index in [2.05, 4.69) is 39.1 Å². The monoisotopic (exact) mass is 360 g/mol. The van der Waals surface area contributed by atoms with E-state index >= 15 is 0 Å².